The number of nitrogens with one attached hydrogen (secondary N) is 1. The number of aromatic nitrogens is 5. The van der Waals surface area contributed by atoms with Gasteiger partial charge in [-0.1, -0.05) is 11.6 Å². The fourth-order valence-corrected chi connectivity index (χ4v) is 3.42. The number of nitrogen functional groups attached to an aromatic ring is 1. The Hall–Kier alpha value is -3.66. The molecule has 29 heavy (non-hydrogen) atoms. The van der Waals surface area contributed by atoms with Gasteiger partial charge in [0, 0.05) is 24.6 Å². The standard InChI is InChI=1S/C18H16ClN7O3/c1-8-3-11(24-25(8)2)7-26-15-13(14(19)22-18(20)23-15)12(16(26)27)5-10-4-9(6-21-10)17(28)29/h3-6,21H,7H2,1-2H3,(H,28,29)(H2,20,22,23)/b12-5+. The van der Waals surface area contributed by atoms with Crippen LogP contribution in [0.2, 0.25) is 5.15 Å². The number of carbonyl (C=O) groups is 2. The number of fused-ring (bicyclic) bond motifs is 1. The lowest BCUT2D eigenvalue weighted by Crippen LogP contribution is -2.26. The van der Waals surface area contributed by atoms with Crippen molar-refractivity contribution in [1.82, 2.24) is 24.7 Å². The highest BCUT2D eigenvalue weighted by molar-refractivity contribution is 6.41. The number of hydrogen-bond acceptors (Lipinski definition) is 6. The van der Waals surface area contributed by atoms with Crippen LogP contribution in [-0.4, -0.2) is 41.7 Å². The number of carboxylic acids is 1. The number of anilines is 2. The Labute approximate surface area is 169 Å². The Morgan fingerprint density at radius 1 is 1.38 bits per heavy atom. The highest BCUT2D eigenvalue weighted by Crippen LogP contribution is 2.41. The van der Waals surface area contributed by atoms with Crippen LogP contribution in [0.1, 0.15) is 33.0 Å². The zero-order valence-electron chi connectivity index (χ0n) is 15.5. The van der Waals surface area contributed by atoms with Crippen molar-refractivity contribution in [2.45, 2.75) is 13.5 Å². The number of halogens is 1. The van der Waals surface area contributed by atoms with Crippen LogP contribution in [0.25, 0.3) is 11.6 Å². The van der Waals surface area contributed by atoms with Crippen LogP contribution in [0.4, 0.5) is 11.8 Å². The lowest BCUT2D eigenvalue weighted by molar-refractivity contribution is -0.113. The number of nitrogens with zero attached hydrogens (tertiary/aromatic N) is 5. The van der Waals surface area contributed by atoms with E-state index in [1.807, 2.05) is 20.0 Å². The molecular weight excluding hydrogens is 398 g/mol. The van der Waals surface area contributed by atoms with Gasteiger partial charge in [-0.2, -0.15) is 10.1 Å². The highest BCUT2D eigenvalue weighted by atomic mass is 35.5. The zero-order valence-corrected chi connectivity index (χ0v) is 16.2. The summed E-state index contributed by atoms with van der Waals surface area (Å²) in [7, 11) is 1.81. The van der Waals surface area contributed by atoms with Gasteiger partial charge in [0.25, 0.3) is 5.91 Å². The number of aromatic amines is 1. The number of H-pyrrole nitrogens is 1. The van der Waals surface area contributed by atoms with Gasteiger partial charge in [-0.15, -0.1) is 0 Å². The van der Waals surface area contributed by atoms with Gasteiger partial charge in [-0.05, 0) is 25.1 Å². The van der Waals surface area contributed by atoms with E-state index in [0.29, 0.717) is 17.0 Å². The Balaban J connectivity index is 1.80. The van der Waals surface area contributed by atoms with Crippen molar-refractivity contribution in [2.75, 3.05) is 10.6 Å². The molecule has 4 heterocycles. The molecule has 0 unspecified atom stereocenters. The third-order valence-electron chi connectivity index (χ3n) is 4.60. The highest BCUT2D eigenvalue weighted by Gasteiger charge is 2.37. The van der Waals surface area contributed by atoms with Crippen molar-refractivity contribution in [3.63, 3.8) is 0 Å². The third-order valence-corrected chi connectivity index (χ3v) is 4.87. The fraction of sp³-hybridized carbons (Fsp3) is 0.167. The molecule has 0 aliphatic carbocycles. The van der Waals surface area contributed by atoms with Crippen molar-refractivity contribution in [1.29, 1.82) is 0 Å². The molecule has 0 radical (unpaired) electrons. The summed E-state index contributed by atoms with van der Waals surface area (Å²) in [5.41, 5.74) is 8.43. The molecule has 11 heteroatoms. The average molecular weight is 414 g/mol. The first-order valence-electron chi connectivity index (χ1n) is 8.52. The molecule has 0 saturated heterocycles. The summed E-state index contributed by atoms with van der Waals surface area (Å²) in [6.07, 6.45) is 2.85. The molecule has 0 saturated carbocycles. The van der Waals surface area contributed by atoms with Crippen LogP contribution in [0.5, 0.6) is 0 Å². The molecule has 148 valence electrons. The first kappa shape index (κ1) is 18.7. The second-order valence-electron chi connectivity index (χ2n) is 6.57. The van der Waals surface area contributed by atoms with E-state index in [4.69, 9.17) is 22.4 Å². The average Bonchev–Trinajstić information content (AvgIpc) is 3.30. The summed E-state index contributed by atoms with van der Waals surface area (Å²) in [5, 5.41) is 13.5. The molecular formula is C18H16ClN7O3. The van der Waals surface area contributed by atoms with Crippen LogP contribution in [0.15, 0.2) is 18.3 Å². The number of nitrogens with two attached hydrogens (primary N) is 1. The van der Waals surface area contributed by atoms with E-state index >= 15 is 0 Å². The minimum Gasteiger partial charge on any atom is -0.478 e. The summed E-state index contributed by atoms with van der Waals surface area (Å²) < 4.78 is 1.71. The van der Waals surface area contributed by atoms with Gasteiger partial charge in [-0.25, -0.2) is 9.78 Å². The SMILES string of the molecule is Cc1cc(CN2C(=O)/C(=C/c3cc(C(=O)O)c[nH]3)c3c(Cl)nc(N)nc32)nn1C. The molecule has 10 nitrogen and oxygen atoms in total. The molecule has 0 aromatic carbocycles. The smallest absolute Gasteiger partial charge is 0.337 e. The Morgan fingerprint density at radius 2 is 2.14 bits per heavy atom. The van der Waals surface area contributed by atoms with Crippen molar-refractivity contribution in [2.24, 2.45) is 7.05 Å². The van der Waals surface area contributed by atoms with Gasteiger partial charge in [0.2, 0.25) is 5.95 Å². The van der Waals surface area contributed by atoms with E-state index in [2.05, 4.69) is 20.1 Å². The predicted octanol–water partition coefficient (Wildman–Crippen LogP) is 1.87. The molecule has 3 aromatic rings. The van der Waals surface area contributed by atoms with E-state index in [1.54, 1.807) is 4.68 Å². The topological polar surface area (TPSA) is 143 Å². The molecule has 0 fully saturated rings. The normalized spacial score (nSPS) is 14.7. The summed E-state index contributed by atoms with van der Waals surface area (Å²) in [6.45, 7) is 2.08. The number of amides is 1. The maximum atomic E-state index is 13.2. The monoisotopic (exact) mass is 413 g/mol. The molecule has 1 aliphatic rings. The van der Waals surface area contributed by atoms with E-state index < -0.39 is 5.97 Å². The first-order chi connectivity index (χ1) is 13.7. The van der Waals surface area contributed by atoms with Crippen LogP contribution < -0.4 is 10.6 Å². The second-order valence-corrected chi connectivity index (χ2v) is 6.93. The molecule has 4 rings (SSSR count). The lowest BCUT2D eigenvalue weighted by Gasteiger charge is -2.14. The number of carboxylic acid groups (broad SMARTS) is 1. The zero-order chi connectivity index (χ0) is 20.9. The van der Waals surface area contributed by atoms with E-state index in [-0.39, 0.29) is 40.5 Å². The summed E-state index contributed by atoms with van der Waals surface area (Å²) in [4.78, 5) is 36.7. The quantitative estimate of drug-likeness (QED) is 0.437. The molecule has 3 aromatic heterocycles. The van der Waals surface area contributed by atoms with E-state index in [1.165, 1.54) is 23.2 Å². The number of hydrogen-bond donors (Lipinski definition) is 3. The largest absolute Gasteiger partial charge is 0.478 e. The molecule has 4 N–H and O–H groups in total. The molecule has 1 amide bonds. The van der Waals surface area contributed by atoms with E-state index in [0.717, 1.165) is 5.69 Å². The molecule has 1 aliphatic heterocycles. The summed E-state index contributed by atoms with van der Waals surface area (Å²) >= 11 is 6.28. The van der Waals surface area contributed by atoms with Gasteiger partial charge in [0.15, 0.2) is 5.82 Å². The minimum absolute atomic E-state index is 0.0387. The molecule has 0 spiro atoms. The Bertz CT molecular complexity index is 1170. The van der Waals surface area contributed by atoms with Crippen LogP contribution in [0, 0.1) is 6.92 Å². The third kappa shape index (κ3) is 3.23. The maximum Gasteiger partial charge on any atom is 0.337 e. The van der Waals surface area contributed by atoms with Crippen LogP contribution >= 0.6 is 11.6 Å². The van der Waals surface area contributed by atoms with Crippen molar-refractivity contribution < 1.29 is 14.7 Å². The fourth-order valence-electron chi connectivity index (χ4n) is 3.14. The van der Waals surface area contributed by atoms with Crippen molar-refractivity contribution in [3.05, 3.63) is 51.7 Å². The summed E-state index contributed by atoms with van der Waals surface area (Å²) in [6, 6.07) is 3.28. The second kappa shape index (κ2) is 6.74. The number of rotatable bonds is 4. The Morgan fingerprint density at radius 3 is 2.76 bits per heavy atom. The Kier molecular flexibility index (Phi) is 4.35. The van der Waals surface area contributed by atoms with Gasteiger partial charge in [0.05, 0.1) is 28.9 Å². The van der Waals surface area contributed by atoms with Gasteiger partial charge < -0.3 is 15.8 Å². The van der Waals surface area contributed by atoms with Crippen molar-refractivity contribution >= 4 is 46.9 Å². The van der Waals surface area contributed by atoms with Crippen LogP contribution in [0.3, 0.4) is 0 Å². The number of carbonyl (C=O) groups excluding carboxylic acids is 1. The first-order valence-corrected chi connectivity index (χ1v) is 8.90. The van der Waals surface area contributed by atoms with E-state index in [9.17, 15) is 9.59 Å². The molecule has 0 bridgehead atoms. The molecule has 0 atom stereocenters. The predicted molar refractivity (Wildman–Crippen MR) is 106 cm³/mol. The summed E-state index contributed by atoms with van der Waals surface area (Å²) in [5.74, 6) is -1.22. The van der Waals surface area contributed by atoms with Gasteiger partial charge in [-0.3, -0.25) is 14.4 Å². The van der Waals surface area contributed by atoms with Crippen molar-refractivity contribution in [3.8, 4) is 0 Å². The maximum absolute atomic E-state index is 13.2. The van der Waals surface area contributed by atoms with Gasteiger partial charge in [0.1, 0.15) is 5.15 Å². The minimum atomic E-state index is -1.08. The lowest BCUT2D eigenvalue weighted by atomic mass is 10.1. The number of aryl methyl sites for hydroxylation is 2. The van der Waals surface area contributed by atoms with Gasteiger partial charge >= 0.3 is 5.97 Å². The van der Waals surface area contributed by atoms with Crippen LogP contribution in [-0.2, 0) is 18.4 Å². The number of aromatic carboxylic acids is 1.